The van der Waals surface area contributed by atoms with E-state index < -0.39 is 0 Å². The average molecular weight is 354 g/mol. The summed E-state index contributed by atoms with van der Waals surface area (Å²) in [4.78, 5) is 0. The van der Waals surface area contributed by atoms with Crippen LogP contribution < -0.4 is 10.1 Å². The minimum Gasteiger partial charge on any atom is -0.489 e. The maximum absolute atomic E-state index is 9.28. The summed E-state index contributed by atoms with van der Waals surface area (Å²) in [5.74, 6) is 0.759. The third kappa shape index (κ3) is 5.40. The number of halogens is 2. The minimum absolute atomic E-state index is 0.0606. The summed E-state index contributed by atoms with van der Waals surface area (Å²) in [6, 6.07) is 13.2. The molecule has 0 aliphatic rings. The normalized spacial score (nSPS) is 12.2. The van der Waals surface area contributed by atoms with E-state index in [1.165, 1.54) is 0 Å². The Morgan fingerprint density at radius 1 is 1.13 bits per heavy atom. The Kier molecular flexibility index (Phi) is 7.18. The van der Waals surface area contributed by atoms with Crippen molar-refractivity contribution in [3.05, 3.63) is 63.6 Å². The Bertz CT molecular complexity index is 630. The SMILES string of the molecule is CC[C@H](CO)NCc1cc(Cl)ccc1OCc1ccccc1Cl. The topological polar surface area (TPSA) is 41.5 Å². The van der Waals surface area contributed by atoms with Gasteiger partial charge in [0.2, 0.25) is 0 Å². The molecular formula is C18H21Cl2NO2. The van der Waals surface area contributed by atoms with Crippen molar-refractivity contribution in [2.45, 2.75) is 32.5 Å². The van der Waals surface area contributed by atoms with Crippen molar-refractivity contribution in [3.63, 3.8) is 0 Å². The summed E-state index contributed by atoms with van der Waals surface area (Å²) in [6.07, 6.45) is 0.854. The number of hydrogen-bond donors (Lipinski definition) is 2. The fourth-order valence-corrected chi connectivity index (χ4v) is 2.58. The second-order valence-corrected chi connectivity index (χ2v) is 6.14. The highest BCUT2D eigenvalue weighted by Gasteiger charge is 2.09. The Morgan fingerprint density at radius 3 is 2.61 bits per heavy atom. The maximum atomic E-state index is 9.28. The third-order valence-corrected chi connectivity index (χ3v) is 4.26. The third-order valence-electron chi connectivity index (χ3n) is 3.66. The van der Waals surface area contributed by atoms with Gasteiger partial charge in [-0.15, -0.1) is 0 Å². The number of rotatable bonds is 8. The van der Waals surface area contributed by atoms with Crippen molar-refractivity contribution in [2.75, 3.05) is 6.61 Å². The molecule has 0 amide bonds. The van der Waals surface area contributed by atoms with E-state index in [9.17, 15) is 5.11 Å². The van der Waals surface area contributed by atoms with E-state index in [4.69, 9.17) is 27.9 Å². The molecule has 5 heteroatoms. The van der Waals surface area contributed by atoms with E-state index >= 15 is 0 Å². The largest absolute Gasteiger partial charge is 0.489 e. The molecule has 2 aromatic rings. The van der Waals surface area contributed by atoms with Gasteiger partial charge >= 0.3 is 0 Å². The van der Waals surface area contributed by atoms with Crippen LogP contribution in [0.15, 0.2) is 42.5 Å². The molecule has 2 N–H and O–H groups in total. The van der Waals surface area contributed by atoms with Gasteiger partial charge in [0.1, 0.15) is 12.4 Å². The standard InChI is InChI=1S/C18H21Cl2NO2/c1-2-16(11-22)21-10-14-9-15(19)7-8-18(14)23-12-13-5-3-4-6-17(13)20/h3-9,16,21-22H,2,10-12H2,1H3/t16-/m1/s1. The van der Waals surface area contributed by atoms with Crippen LogP contribution in [0.4, 0.5) is 0 Å². The highest BCUT2D eigenvalue weighted by Crippen LogP contribution is 2.25. The summed E-state index contributed by atoms with van der Waals surface area (Å²) in [7, 11) is 0. The van der Waals surface area contributed by atoms with E-state index in [1.807, 2.05) is 43.3 Å². The van der Waals surface area contributed by atoms with Gasteiger partial charge < -0.3 is 15.2 Å². The van der Waals surface area contributed by atoms with Gasteiger partial charge in [-0.2, -0.15) is 0 Å². The number of nitrogens with one attached hydrogen (secondary N) is 1. The van der Waals surface area contributed by atoms with Crippen LogP contribution in [-0.4, -0.2) is 17.8 Å². The Morgan fingerprint density at radius 2 is 1.91 bits per heavy atom. The summed E-state index contributed by atoms with van der Waals surface area (Å²) in [5.41, 5.74) is 1.89. The molecule has 0 heterocycles. The van der Waals surface area contributed by atoms with Gasteiger partial charge in [0, 0.05) is 33.8 Å². The van der Waals surface area contributed by atoms with Crippen molar-refractivity contribution < 1.29 is 9.84 Å². The quantitative estimate of drug-likeness (QED) is 0.737. The van der Waals surface area contributed by atoms with E-state index in [-0.39, 0.29) is 12.6 Å². The van der Waals surface area contributed by atoms with Gasteiger partial charge in [-0.05, 0) is 30.7 Å². The van der Waals surface area contributed by atoms with Gasteiger partial charge in [-0.3, -0.25) is 0 Å². The lowest BCUT2D eigenvalue weighted by Gasteiger charge is -2.17. The first-order valence-electron chi connectivity index (χ1n) is 7.63. The molecule has 0 aliphatic carbocycles. The summed E-state index contributed by atoms with van der Waals surface area (Å²) < 4.78 is 5.91. The molecule has 0 unspecified atom stereocenters. The molecule has 2 aromatic carbocycles. The highest BCUT2D eigenvalue weighted by atomic mass is 35.5. The average Bonchev–Trinajstić information content (AvgIpc) is 2.56. The molecule has 0 saturated carbocycles. The first kappa shape index (κ1) is 18.1. The lowest BCUT2D eigenvalue weighted by Crippen LogP contribution is -2.31. The van der Waals surface area contributed by atoms with Crippen LogP contribution in [0, 0.1) is 0 Å². The van der Waals surface area contributed by atoms with E-state index in [0.29, 0.717) is 23.2 Å². The van der Waals surface area contributed by atoms with Crippen LogP contribution in [-0.2, 0) is 13.2 Å². The summed E-state index contributed by atoms with van der Waals surface area (Å²) >= 11 is 12.2. The van der Waals surface area contributed by atoms with Crippen LogP contribution in [0.5, 0.6) is 5.75 Å². The molecule has 0 bridgehead atoms. The highest BCUT2D eigenvalue weighted by molar-refractivity contribution is 6.31. The zero-order chi connectivity index (χ0) is 16.7. The monoisotopic (exact) mass is 353 g/mol. The maximum Gasteiger partial charge on any atom is 0.124 e. The molecule has 23 heavy (non-hydrogen) atoms. The molecule has 1 atom stereocenters. The van der Waals surface area contributed by atoms with Gasteiger partial charge in [-0.1, -0.05) is 48.3 Å². The Labute approximate surface area is 147 Å². The molecule has 3 nitrogen and oxygen atoms in total. The van der Waals surface area contributed by atoms with E-state index in [2.05, 4.69) is 5.32 Å². The predicted molar refractivity (Wildman–Crippen MR) is 95.2 cm³/mol. The van der Waals surface area contributed by atoms with Crippen molar-refractivity contribution in [1.82, 2.24) is 5.32 Å². The van der Waals surface area contributed by atoms with Crippen LogP contribution in [0.3, 0.4) is 0 Å². The lowest BCUT2D eigenvalue weighted by atomic mass is 10.1. The Hall–Kier alpha value is -1.26. The predicted octanol–water partition coefficient (Wildman–Crippen LogP) is 4.43. The zero-order valence-corrected chi connectivity index (χ0v) is 14.6. The van der Waals surface area contributed by atoms with Crippen LogP contribution in [0.2, 0.25) is 10.0 Å². The van der Waals surface area contributed by atoms with Crippen molar-refractivity contribution >= 4 is 23.2 Å². The summed E-state index contributed by atoms with van der Waals surface area (Å²) in [5, 5.41) is 13.9. The van der Waals surface area contributed by atoms with Gasteiger partial charge in [0.05, 0.1) is 6.61 Å². The number of aliphatic hydroxyl groups is 1. The van der Waals surface area contributed by atoms with Crippen LogP contribution in [0.25, 0.3) is 0 Å². The molecule has 0 aromatic heterocycles. The van der Waals surface area contributed by atoms with E-state index in [0.717, 1.165) is 23.3 Å². The second kappa shape index (κ2) is 9.14. The fourth-order valence-electron chi connectivity index (χ4n) is 2.19. The molecule has 124 valence electrons. The van der Waals surface area contributed by atoms with Crippen molar-refractivity contribution in [2.24, 2.45) is 0 Å². The van der Waals surface area contributed by atoms with Crippen molar-refractivity contribution in [1.29, 1.82) is 0 Å². The molecular weight excluding hydrogens is 333 g/mol. The number of benzene rings is 2. The summed E-state index contributed by atoms with van der Waals surface area (Å²) in [6.45, 7) is 3.11. The molecule has 0 fully saturated rings. The fraction of sp³-hybridized carbons (Fsp3) is 0.333. The Balaban J connectivity index is 2.07. The number of aliphatic hydroxyl groups excluding tert-OH is 1. The number of hydrogen-bond acceptors (Lipinski definition) is 3. The zero-order valence-electron chi connectivity index (χ0n) is 13.1. The van der Waals surface area contributed by atoms with Crippen LogP contribution >= 0.6 is 23.2 Å². The van der Waals surface area contributed by atoms with Gasteiger partial charge in [0.25, 0.3) is 0 Å². The molecule has 0 saturated heterocycles. The van der Waals surface area contributed by atoms with Crippen LogP contribution in [0.1, 0.15) is 24.5 Å². The molecule has 0 aliphatic heterocycles. The van der Waals surface area contributed by atoms with Gasteiger partial charge in [-0.25, -0.2) is 0 Å². The first-order valence-corrected chi connectivity index (χ1v) is 8.38. The first-order chi connectivity index (χ1) is 11.1. The van der Waals surface area contributed by atoms with Crippen molar-refractivity contribution in [3.8, 4) is 5.75 Å². The molecule has 0 spiro atoms. The lowest BCUT2D eigenvalue weighted by molar-refractivity contribution is 0.237. The van der Waals surface area contributed by atoms with Gasteiger partial charge in [0.15, 0.2) is 0 Å². The number of ether oxygens (including phenoxy) is 1. The molecule has 2 rings (SSSR count). The smallest absolute Gasteiger partial charge is 0.124 e. The minimum atomic E-state index is 0.0606. The molecule has 0 radical (unpaired) electrons. The second-order valence-electron chi connectivity index (χ2n) is 5.30. The van der Waals surface area contributed by atoms with E-state index in [1.54, 1.807) is 6.07 Å².